The third-order valence-corrected chi connectivity index (χ3v) is 12.5. The molecule has 0 aromatic carbocycles. The lowest BCUT2D eigenvalue weighted by Crippen LogP contribution is -2.30. The van der Waals surface area contributed by atoms with Crippen molar-refractivity contribution in [3.05, 3.63) is 72.9 Å². The van der Waals surface area contributed by atoms with Crippen LogP contribution in [0.1, 0.15) is 239 Å². The van der Waals surface area contributed by atoms with Gasteiger partial charge in [-0.15, -0.1) is 0 Å². The molecule has 0 radical (unpaired) electrons. The van der Waals surface area contributed by atoms with Crippen molar-refractivity contribution >= 4 is 25.7 Å². The summed E-state index contributed by atoms with van der Waals surface area (Å²) >= 11 is 0. The van der Waals surface area contributed by atoms with Crippen molar-refractivity contribution in [3.63, 3.8) is 0 Å². The van der Waals surface area contributed by atoms with Gasteiger partial charge in [-0.05, 0) is 109 Å². The first-order valence-electron chi connectivity index (χ1n) is 27.8. The van der Waals surface area contributed by atoms with Crippen LogP contribution in [0.2, 0.25) is 0 Å². The number of phosphoric ester groups is 1. The Balaban J connectivity index is 4.76. The van der Waals surface area contributed by atoms with Crippen LogP contribution in [0.3, 0.4) is 0 Å². The molecule has 404 valence electrons. The van der Waals surface area contributed by atoms with Crippen LogP contribution in [-0.4, -0.2) is 66.5 Å². The fraction of sp³-hybridized carbons (Fsp3) is 0.741. The number of allylic oxidation sites excluding steroid dienone is 12. The van der Waals surface area contributed by atoms with Crippen molar-refractivity contribution in [2.45, 2.75) is 251 Å². The zero-order chi connectivity index (χ0) is 51.3. The van der Waals surface area contributed by atoms with Crippen molar-refractivity contribution in [2.24, 2.45) is 0 Å². The number of hydrogen-bond acceptors (Lipinski definition) is 10. The van der Waals surface area contributed by atoms with E-state index >= 15 is 0 Å². The van der Waals surface area contributed by atoms with Gasteiger partial charge in [0.2, 0.25) is 0 Å². The van der Waals surface area contributed by atoms with Gasteiger partial charge < -0.3 is 24.2 Å². The van der Waals surface area contributed by atoms with E-state index in [1.165, 1.54) is 64.2 Å². The predicted octanol–water partition coefficient (Wildman–Crippen LogP) is 16.1. The van der Waals surface area contributed by atoms with Crippen LogP contribution in [-0.2, 0) is 42.2 Å². The Bertz CT molecular complexity index is 1450. The summed E-state index contributed by atoms with van der Waals surface area (Å²) in [6, 6.07) is 0. The van der Waals surface area contributed by atoms with Crippen molar-refractivity contribution < 1.29 is 52.2 Å². The van der Waals surface area contributed by atoms with Gasteiger partial charge in [0.15, 0.2) is 6.10 Å². The summed E-state index contributed by atoms with van der Waals surface area (Å²) in [5, 5.41) is 9.79. The minimum Gasteiger partial charge on any atom is -0.462 e. The monoisotopic (exact) mass is 1000 g/mol. The molecule has 0 heterocycles. The average Bonchev–Trinajstić information content (AvgIpc) is 3.35. The summed E-state index contributed by atoms with van der Waals surface area (Å²) in [4.78, 5) is 48.4. The summed E-state index contributed by atoms with van der Waals surface area (Å²) in [7, 11) is -4.76. The number of esters is 3. The average molecular weight is 1010 g/mol. The van der Waals surface area contributed by atoms with Gasteiger partial charge >= 0.3 is 25.7 Å². The zero-order valence-electron chi connectivity index (χ0n) is 44.5. The number of phosphoric acid groups is 1. The van der Waals surface area contributed by atoms with E-state index in [4.69, 9.17) is 23.3 Å². The minimum atomic E-state index is -4.76. The molecule has 2 N–H and O–H groups in total. The van der Waals surface area contributed by atoms with Gasteiger partial charge in [-0.3, -0.25) is 23.4 Å². The van der Waals surface area contributed by atoms with Gasteiger partial charge in [0, 0.05) is 19.3 Å². The molecule has 3 atom stereocenters. The number of unbranched alkanes of at least 4 members (excludes halogenated alkanes) is 22. The van der Waals surface area contributed by atoms with Crippen LogP contribution < -0.4 is 0 Å². The lowest BCUT2D eigenvalue weighted by molar-refractivity contribution is -0.161. The van der Waals surface area contributed by atoms with Gasteiger partial charge in [-0.25, -0.2) is 4.57 Å². The Morgan fingerprint density at radius 1 is 0.414 bits per heavy atom. The molecule has 0 bridgehead atoms. The van der Waals surface area contributed by atoms with Crippen LogP contribution in [0.25, 0.3) is 0 Å². The summed E-state index contributed by atoms with van der Waals surface area (Å²) in [6.07, 6.45) is 57.2. The molecule has 70 heavy (non-hydrogen) atoms. The van der Waals surface area contributed by atoms with E-state index in [-0.39, 0.29) is 25.9 Å². The summed E-state index contributed by atoms with van der Waals surface area (Å²) < 4.78 is 39.4. The molecule has 11 nitrogen and oxygen atoms in total. The fourth-order valence-corrected chi connectivity index (χ4v) is 8.12. The zero-order valence-corrected chi connectivity index (χ0v) is 45.4. The van der Waals surface area contributed by atoms with E-state index in [2.05, 4.69) is 93.7 Å². The van der Waals surface area contributed by atoms with E-state index in [9.17, 15) is 28.9 Å². The second-order valence-electron chi connectivity index (χ2n) is 18.4. The van der Waals surface area contributed by atoms with Gasteiger partial charge in [0.1, 0.15) is 12.7 Å². The lowest BCUT2D eigenvalue weighted by Gasteiger charge is -2.21. The second kappa shape index (κ2) is 52.2. The van der Waals surface area contributed by atoms with Crippen molar-refractivity contribution in [2.75, 3.05) is 26.4 Å². The Kier molecular flexibility index (Phi) is 50.0. The highest BCUT2D eigenvalue weighted by Crippen LogP contribution is 2.43. The Morgan fingerprint density at radius 3 is 1.20 bits per heavy atom. The SMILES string of the molecule is CC/C=C\C/C=C\C/C=C\CCCCCC(=O)OC(COC(=O)CCCCCCCCC/C=C\C/C=C\CCCCC)COP(=O)(O)OCC(CO)OC(=O)CCCCCCC/C=C\CCCCCC. The first-order valence-corrected chi connectivity index (χ1v) is 29.3. The quantitative estimate of drug-likeness (QED) is 0.0197. The van der Waals surface area contributed by atoms with Gasteiger partial charge in [-0.2, -0.15) is 0 Å². The number of rotatable bonds is 51. The Morgan fingerprint density at radius 2 is 0.743 bits per heavy atom. The summed E-state index contributed by atoms with van der Waals surface area (Å²) in [5.74, 6) is -1.52. The number of aliphatic hydroxyl groups is 1. The normalized spacial score (nSPS) is 14.0. The first-order chi connectivity index (χ1) is 34.2. The molecule has 0 saturated heterocycles. The summed E-state index contributed by atoms with van der Waals surface area (Å²) in [5.41, 5.74) is 0. The Hall–Kier alpha value is -3.08. The van der Waals surface area contributed by atoms with Crippen LogP contribution in [0.15, 0.2) is 72.9 Å². The van der Waals surface area contributed by atoms with Gasteiger partial charge in [0.25, 0.3) is 0 Å². The number of hydrogen-bond donors (Lipinski definition) is 2. The fourth-order valence-electron chi connectivity index (χ4n) is 7.34. The maximum absolute atomic E-state index is 12.9. The molecule has 0 aliphatic rings. The smallest absolute Gasteiger partial charge is 0.462 e. The molecule has 12 heteroatoms. The van der Waals surface area contributed by atoms with E-state index in [0.717, 1.165) is 116 Å². The molecule has 0 aliphatic heterocycles. The van der Waals surface area contributed by atoms with Crippen molar-refractivity contribution in [1.29, 1.82) is 0 Å². The third kappa shape index (κ3) is 49.9. The van der Waals surface area contributed by atoms with E-state index in [1.807, 2.05) is 0 Å². The lowest BCUT2D eigenvalue weighted by atomic mass is 10.1. The number of carbonyl (C=O) groups is 3. The molecule has 0 amide bonds. The molecule has 3 unspecified atom stereocenters. The molecule has 0 spiro atoms. The van der Waals surface area contributed by atoms with Crippen molar-refractivity contribution in [3.8, 4) is 0 Å². The topological polar surface area (TPSA) is 155 Å². The molecule has 0 aromatic rings. The molecule has 0 fully saturated rings. The standard InChI is InChI=1S/C58H101O11P/c1-4-7-10-13-16-19-22-25-26-27-28-31-32-35-38-41-44-47-56(60)65-51-55(69-58(62)49-46-43-40-37-34-30-24-21-18-15-12-9-6-3)53-67-70(63,64)66-52-54(50-59)68-57(61)48-45-42-39-36-33-29-23-20-17-14-11-8-5-2/h9,12,16,18-21,23,25-26,30,34,54-55,59H,4-8,10-11,13-15,17,22,24,27-29,31-33,35-53H2,1-3H3,(H,63,64)/b12-9-,19-16-,21-18-,23-20-,26-25-,34-30-. The van der Waals surface area contributed by atoms with Gasteiger partial charge in [0.05, 0.1) is 19.8 Å². The first kappa shape index (κ1) is 66.9. The van der Waals surface area contributed by atoms with Gasteiger partial charge in [-0.1, -0.05) is 184 Å². The van der Waals surface area contributed by atoms with Crippen LogP contribution >= 0.6 is 7.82 Å². The van der Waals surface area contributed by atoms with E-state index < -0.39 is 57.8 Å². The molecule has 0 aliphatic carbocycles. The third-order valence-electron chi connectivity index (χ3n) is 11.6. The minimum absolute atomic E-state index is 0.128. The van der Waals surface area contributed by atoms with Crippen molar-refractivity contribution in [1.82, 2.24) is 0 Å². The summed E-state index contributed by atoms with van der Waals surface area (Å²) in [6.45, 7) is 4.43. The maximum Gasteiger partial charge on any atom is 0.472 e. The van der Waals surface area contributed by atoms with Crippen LogP contribution in [0.4, 0.5) is 0 Å². The van der Waals surface area contributed by atoms with Crippen LogP contribution in [0.5, 0.6) is 0 Å². The number of carbonyl (C=O) groups excluding carboxylic acids is 3. The maximum atomic E-state index is 12.9. The predicted molar refractivity (Wildman–Crippen MR) is 288 cm³/mol. The Labute approximate surface area is 427 Å². The molecular formula is C58H101O11P. The largest absolute Gasteiger partial charge is 0.472 e. The van der Waals surface area contributed by atoms with E-state index in [1.54, 1.807) is 0 Å². The molecule has 0 saturated carbocycles. The highest BCUT2D eigenvalue weighted by atomic mass is 31.2. The molecule has 0 aromatic heterocycles. The van der Waals surface area contributed by atoms with Crippen LogP contribution in [0, 0.1) is 0 Å². The van der Waals surface area contributed by atoms with E-state index in [0.29, 0.717) is 19.3 Å². The highest BCUT2D eigenvalue weighted by Gasteiger charge is 2.28. The number of aliphatic hydroxyl groups excluding tert-OH is 1. The molecule has 0 rings (SSSR count). The highest BCUT2D eigenvalue weighted by molar-refractivity contribution is 7.47. The molecular weight excluding hydrogens is 904 g/mol. The number of ether oxygens (including phenoxy) is 3. The second-order valence-corrected chi connectivity index (χ2v) is 19.8.